The standard InChI is InChI=1S/C21H28N2O4S/c1-17(24)18-7-9-19(10-8-18)22-12-14-23(15-13-22)21(25)11-16-28(26,27)20-5-3-2-4-6-20/h7-11,16,20H,2-6,12-15H2,1H3/b16-11+. The van der Waals surface area contributed by atoms with Crippen LogP contribution in [-0.2, 0) is 14.6 Å². The van der Waals surface area contributed by atoms with Crippen molar-refractivity contribution in [1.82, 2.24) is 4.90 Å². The summed E-state index contributed by atoms with van der Waals surface area (Å²) in [7, 11) is -3.35. The first kappa shape index (κ1) is 20.6. The van der Waals surface area contributed by atoms with Crippen LogP contribution in [0.5, 0.6) is 0 Å². The lowest BCUT2D eigenvalue weighted by molar-refractivity contribution is -0.126. The number of piperazine rings is 1. The van der Waals surface area contributed by atoms with Gasteiger partial charge < -0.3 is 9.80 Å². The van der Waals surface area contributed by atoms with Crippen molar-refractivity contribution in [3.05, 3.63) is 41.3 Å². The van der Waals surface area contributed by atoms with Gasteiger partial charge in [0.1, 0.15) is 0 Å². The number of anilines is 1. The van der Waals surface area contributed by atoms with Crippen LogP contribution in [-0.4, -0.2) is 56.4 Å². The second-order valence-electron chi connectivity index (χ2n) is 7.57. The zero-order valence-corrected chi connectivity index (χ0v) is 17.2. The van der Waals surface area contributed by atoms with Crippen LogP contribution in [0.15, 0.2) is 35.7 Å². The van der Waals surface area contributed by atoms with E-state index in [-0.39, 0.29) is 16.9 Å². The van der Waals surface area contributed by atoms with Gasteiger partial charge in [-0.3, -0.25) is 9.59 Å². The molecule has 0 bridgehead atoms. The molecule has 1 aromatic carbocycles. The molecular formula is C21H28N2O4S. The normalized spacial score (nSPS) is 19.2. The van der Waals surface area contributed by atoms with Crippen LogP contribution < -0.4 is 4.90 Å². The lowest BCUT2D eigenvalue weighted by atomic mass is 10.0. The SMILES string of the molecule is CC(=O)c1ccc(N2CCN(C(=O)/C=C/S(=O)(=O)C3CCCCC3)CC2)cc1. The maximum atomic E-state index is 12.4. The lowest BCUT2D eigenvalue weighted by Crippen LogP contribution is -2.48. The molecule has 6 nitrogen and oxygen atoms in total. The number of benzene rings is 1. The number of amides is 1. The van der Waals surface area contributed by atoms with Crippen LogP contribution in [0.2, 0.25) is 0 Å². The number of carbonyl (C=O) groups is 2. The predicted molar refractivity (Wildman–Crippen MR) is 110 cm³/mol. The zero-order valence-electron chi connectivity index (χ0n) is 16.3. The minimum Gasteiger partial charge on any atom is -0.368 e. The fourth-order valence-corrected chi connectivity index (χ4v) is 5.37. The van der Waals surface area contributed by atoms with E-state index in [1.54, 1.807) is 11.8 Å². The summed E-state index contributed by atoms with van der Waals surface area (Å²) in [4.78, 5) is 27.6. The number of Topliss-reactive ketones (excluding diaryl/α,β-unsaturated/α-hetero) is 1. The van der Waals surface area contributed by atoms with E-state index in [0.717, 1.165) is 30.4 Å². The van der Waals surface area contributed by atoms with Crippen molar-refractivity contribution >= 4 is 27.2 Å². The third-order valence-electron chi connectivity index (χ3n) is 5.65. The fraction of sp³-hybridized carbons (Fsp3) is 0.524. The summed E-state index contributed by atoms with van der Waals surface area (Å²) in [6.45, 7) is 3.98. The highest BCUT2D eigenvalue weighted by atomic mass is 32.2. The van der Waals surface area contributed by atoms with Gasteiger partial charge in [0.25, 0.3) is 0 Å². The summed E-state index contributed by atoms with van der Waals surface area (Å²) in [5, 5.41) is 0.790. The van der Waals surface area contributed by atoms with Gasteiger partial charge in [-0.1, -0.05) is 19.3 Å². The Labute approximate surface area is 167 Å². The van der Waals surface area contributed by atoms with Gasteiger partial charge in [-0.15, -0.1) is 0 Å². The molecule has 0 radical (unpaired) electrons. The van der Waals surface area contributed by atoms with E-state index in [0.29, 0.717) is 44.6 Å². The predicted octanol–water partition coefficient (Wildman–Crippen LogP) is 2.80. The van der Waals surface area contributed by atoms with E-state index in [1.165, 1.54) is 6.08 Å². The molecule has 7 heteroatoms. The monoisotopic (exact) mass is 404 g/mol. The largest absolute Gasteiger partial charge is 0.368 e. The molecule has 1 amide bonds. The molecule has 0 unspecified atom stereocenters. The molecule has 1 saturated heterocycles. The molecule has 2 fully saturated rings. The number of sulfone groups is 1. The molecule has 1 saturated carbocycles. The van der Waals surface area contributed by atoms with Crippen molar-refractivity contribution in [3.63, 3.8) is 0 Å². The van der Waals surface area contributed by atoms with Crippen LogP contribution in [0.25, 0.3) is 0 Å². The average molecular weight is 405 g/mol. The maximum absolute atomic E-state index is 12.4. The van der Waals surface area contributed by atoms with E-state index in [1.807, 2.05) is 24.3 Å². The van der Waals surface area contributed by atoms with Crippen molar-refractivity contribution < 1.29 is 18.0 Å². The first-order chi connectivity index (χ1) is 13.4. The summed E-state index contributed by atoms with van der Waals surface area (Å²) < 4.78 is 24.8. The number of ketones is 1. The van der Waals surface area contributed by atoms with Gasteiger partial charge in [-0.2, -0.15) is 0 Å². The second-order valence-corrected chi connectivity index (χ2v) is 9.68. The number of hydrogen-bond acceptors (Lipinski definition) is 5. The smallest absolute Gasteiger partial charge is 0.247 e. The molecule has 1 aromatic rings. The maximum Gasteiger partial charge on any atom is 0.247 e. The molecular weight excluding hydrogens is 376 g/mol. The van der Waals surface area contributed by atoms with Gasteiger partial charge in [0.15, 0.2) is 15.6 Å². The number of carbonyl (C=O) groups excluding carboxylic acids is 2. The lowest BCUT2D eigenvalue weighted by Gasteiger charge is -2.35. The molecule has 28 heavy (non-hydrogen) atoms. The van der Waals surface area contributed by atoms with Crippen molar-refractivity contribution in [3.8, 4) is 0 Å². The van der Waals surface area contributed by atoms with Gasteiger partial charge in [0.05, 0.1) is 5.25 Å². The molecule has 1 aliphatic heterocycles. The van der Waals surface area contributed by atoms with E-state index in [4.69, 9.17) is 0 Å². The molecule has 1 heterocycles. The Balaban J connectivity index is 1.54. The van der Waals surface area contributed by atoms with Gasteiger partial charge in [0.2, 0.25) is 5.91 Å². The van der Waals surface area contributed by atoms with E-state index in [2.05, 4.69) is 4.90 Å². The second kappa shape index (κ2) is 8.90. The molecule has 0 spiro atoms. The van der Waals surface area contributed by atoms with Gasteiger partial charge in [-0.05, 0) is 44.0 Å². The number of hydrogen-bond donors (Lipinski definition) is 0. The van der Waals surface area contributed by atoms with Gasteiger partial charge in [0, 0.05) is 48.9 Å². The van der Waals surface area contributed by atoms with Gasteiger partial charge >= 0.3 is 0 Å². The first-order valence-electron chi connectivity index (χ1n) is 9.93. The first-order valence-corrected chi connectivity index (χ1v) is 11.5. The topological polar surface area (TPSA) is 74.8 Å². The highest BCUT2D eigenvalue weighted by molar-refractivity contribution is 7.94. The highest BCUT2D eigenvalue weighted by Crippen LogP contribution is 2.25. The molecule has 152 valence electrons. The summed E-state index contributed by atoms with van der Waals surface area (Å²) >= 11 is 0. The Morgan fingerprint density at radius 2 is 1.57 bits per heavy atom. The molecule has 0 atom stereocenters. The third kappa shape index (κ3) is 5.01. The van der Waals surface area contributed by atoms with E-state index >= 15 is 0 Å². The van der Waals surface area contributed by atoms with Crippen LogP contribution in [0.3, 0.4) is 0 Å². The van der Waals surface area contributed by atoms with Crippen molar-refractivity contribution in [2.45, 2.75) is 44.3 Å². The van der Waals surface area contributed by atoms with E-state index < -0.39 is 9.84 Å². The average Bonchev–Trinajstić information content (AvgIpc) is 2.73. The molecule has 0 N–H and O–H groups in total. The van der Waals surface area contributed by atoms with Crippen molar-refractivity contribution in [2.24, 2.45) is 0 Å². The summed E-state index contributed by atoms with van der Waals surface area (Å²) in [6.07, 6.45) is 5.60. The quantitative estimate of drug-likeness (QED) is 0.557. The Morgan fingerprint density at radius 1 is 0.964 bits per heavy atom. The Bertz CT molecular complexity index is 832. The third-order valence-corrected chi connectivity index (χ3v) is 7.56. The molecule has 2 aliphatic rings. The van der Waals surface area contributed by atoms with Crippen LogP contribution in [0, 0.1) is 0 Å². The number of nitrogens with zero attached hydrogens (tertiary/aromatic N) is 2. The van der Waals surface area contributed by atoms with Crippen LogP contribution >= 0.6 is 0 Å². The molecule has 1 aliphatic carbocycles. The van der Waals surface area contributed by atoms with Crippen LogP contribution in [0.1, 0.15) is 49.4 Å². The van der Waals surface area contributed by atoms with Crippen molar-refractivity contribution in [1.29, 1.82) is 0 Å². The number of rotatable bonds is 5. The van der Waals surface area contributed by atoms with Crippen molar-refractivity contribution in [2.75, 3.05) is 31.1 Å². The van der Waals surface area contributed by atoms with Crippen LogP contribution in [0.4, 0.5) is 5.69 Å². The fourth-order valence-electron chi connectivity index (χ4n) is 3.86. The Kier molecular flexibility index (Phi) is 6.54. The Morgan fingerprint density at radius 3 is 2.14 bits per heavy atom. The molecule has 3 rings (SSSR count). The van der Waals surface area contributed by atoms with E-state index in [9.17, 15) is 18.0 Å². The summed E-state index contributed by atoms with van der Waals surface area (Å²) in [6, 6.07) is 7.47. The highest BCUT2D eigenvalue weighted by Gasteiger charge is 2.26. The van der Waals surface area contributed by atoms with Gasteiger partial charge in [-0.25, -0.2) is 8.42 Å². The minimum absolute atomic E-state index is 0.0388. The summed E-state index contributed by atoms with van der Waals surface area (Å²) in [5.74, 6) is -0.206. The molecule has 0 aromatic heterocycles. The summed E-state index contributed by atoms with van der Waals surface area (Å²) in [5.41, 5.74) is 1.70. The zero-order chi connectivity index (χ0) is 20.1. The minimum atomic E-state index is -3.35. The Hall–Kier alpha value is -2.15.